The van der Waals surface area contributed by atoms with Crippen molar-refractivity contribution in [2.24, 2.45) is 0 Å². The summed E-state index contributed by atoms with van der Waals surface area (Å²) in [5.74, 6) is 1.07. The molecule has 0 radical (unpaired) electrons. The lowest BCUT2D eigenvalue weighted by molar-refractivity contribution is 0.186. The fraction of sp³-hybridized carbons (Fsp3) is 0.381. The summed E-state index contributed by atoms with van der Waals surface area (Å²) in [6.07, 6.45) is 8.30. The van der Waals surface area contributed by atoms with Gasteiger partial charge in [0.15, 0.2) is 5.11 Å². The fourth-order valence-corrected chi connectivity index (χ4v) is 5.48. The van der Waals surface area contributed by atoms with E-state index >= 15 is 0 Å². The maximum atomic E-state index is 5.99. The molecule has 0 spiro atoms. The zero-order valence-corrected chi connectivity index (χ0v) is 17.2. The van der Waals surface area contributed by atoms with Crippen LogP contribution in [0.3, 0.4) is 0 Å². The Balaban J connectivity index is 1.36. The number of hydrogen-bond acceptors (Lipinski definition) is 3. The molecule has 2 bridgehead atoms. The monoisotopic (exact) mass is 411 g/mol. The summed E-state index contributed by atoms with van der Waals surface area (Å²) in [4.78, 5) is 11.5. The maximum Gasteiger partial charge on any atom is 0.173 e. The van der Waals surface area contributed by atoms with Crippen LogP contribution in [0, 0.1) is 6.92 Å². The summed E-state index contributed by atoms with van der Waals surface area (Å²) >= 11 is 11.8. The molecule has 144 valence electrons. The number of hydrogen-bond donors (Lipinski definition) is 1. The van der Waals surface area contributed by atoms with Crippen LogP contribution in [0.1, 0.15) is 37.5 Å². The molecule has 2 fully saturated rings. The second-order valence-electron chi connectivity index (χ2n) is 7.75. The first-order valence-corrected chi connectivity index (χ1v) is 10.5. The Kier molecular flexibility index (Phi) is 4.48. The van der Waals surface area contributed by atoms with Crippen LogP contribution in [0.4, 0.5) is 5.69 Å². The third-order valence-electron chi connectivity index (χ3n) is 6.07. The minimum Gasteiger partial charge on any atom is -0.343 e. The molecule has 1 aromatic carbocycles. The highest BCUT2D eigenvalue weighted by Crippen LogP contribution is 2.42. The summed E-state index contributed by atoms with van der Waals surface area (Å²) in [6.45, 7) is 2.10. The molecular formula is C21H22ClN5S. The van der Waals surface area contributed by atoms with Gasteiger partial charge in [0.2, 0.25) is 0 Å². The van der Waals surface area contributed by atoms with E-state index in [2.05, 4.69) is 26.7 Å². The van der Waals surface area contributed by atoms with Crippen LogP contribution in [-0.4, -0.2) is 36.6 Å². The van der Waals surface area contributed by atoms with E-state index in [1.807, 2.05) is 42.7 Å². The predicted molar refractivity (Wildman–Crippen MR) is 117 cm³/mol. The number of aromatic nitrogens is 3. The second-order valence-corrected chi connectivity index (χ2v) is 8.57. The number of halogens is 1. The van der Waals surface area contributed by atoms with Crippen molar-refractivity contribution < 1.29 is 0 Å². The standard InChI is InChI=1S/C21H22ClN5S/c1-13-24-19-8-9-23-12-20(19)26(13)18-10-16-6-7-17(11-18)27(16)21(28)25-15-4-2-14(22)3-5-15/h2-5,8-9,12,16-18H,6-7,10-11H2,1H3,(H,25,28). The molecular weight excluding hydrogens is 390 g/mol. The average molecular weight is 412 g/mol. The summed E-state index contributed by atoms with van der Waals surface area (Å²) in [5.41, 5.74) is 3.15. The topological polar surface area (TPSA) is 46.0 Å². The lowest BCUT2D eigenvalue weighted by Crippen LogP contribution is -2.48. The van der Waals surface area contributed by atoms with E-state index in [1.54, 1.807) is 0 Å². The molecule has 2 atom stereocenters. The van der Waals surface area contributed by atoms with Gasteiger partial charge in [-0.05, 0) is 75.2 Å². The lowest BCUT2D eigenvalue weighted by atomic mass is 9.97. The summed E-state index contributed by atoms with van der Waals surface area (Å²) in [6, 6.07) is 11.1. The Morgan fingerprint density at radius 1 is 1.11 bits per heavy atom. The first kappa shape index (κ1) is 17.9. The number of imidazole rings is 1. The Morgan fingerprint density at radius 2 is 1.82 bits per heavy atom. The summed E-state index contributed by atoms with van der Waals surface area (Å²) in [7, 11) is 0. The van der Waals surface area contributed by atoms with Gasteiger partial charge in [-0.1, -0.05) is 11.6 Å². The predicted octanol–water partition coefficient (Wildman–Crippen LogP) is 4.96. The molecule has 28 heavy (non-hydrogen) atoms. The molecule has 2 aromatic heterocycles. The number of benzene rings is 1. The van der Waals surface area contributed by atoms with E-state index < -0.39 is 0 Å². The highest BCUT2D eigenvalue weighted by atomic mass is 35.5. The van der Waals surface area contributed by atoms with Crippen molar-refractivity contribution in [1.82, 2.24) is 19.4 Å². The number of nitrogens with one attached hydrogen (secondary N) is 1. The van der Waals surface area contributed by atoms with Gasteiger partial charge in [-0.3, -0.25) is 4.98 Å². The van der Waals surface area contributed by atoms with Crippen LogP contribution in [-0.2, 0) is 0 Å². The minimum atomic E-state index is 0.446. The number of fused-ring (bicyclic) bond motifs is 3. The minimum absolute atomic E-state index is 0.446. The largest absolute Gasteiger partial charge is 0.343 e. The molecule has 2 aliphatic heterocycles. The molecule has 5 rings (SSSR count). The smallest absolute Gasteiger partial charge is 0.173 e. The van der Waals surface area contributed by atoms with E-state index in [-0.39, 0.29) is 0 Å². The number of nitrogens with zero attached hydrogens (tertiary/aromatic N) is 4. The molecule has 2 unspecified atom stereocenters. The van der Waals surface area contributed by atoms with Gasteiger partial charge in [-0.25, -0.2) is 4.98 Å². The van der Waals surface area contributed by atoms with Crippen molar-refractivity contribution in [2.75, 3.05) is 5.32 Å². The van der Waals surface area contributed by atoms with Gasteiger partial charge < -0.3 is 14.8 Å². The lowest BCUT2D eigenvalue weighted by Gasteiger charge is -2.41. The van der Waals surface area contributed by atoms with Crippen LogP contribution in [0.25, 0.3) is 11.0 Å². The Labute approximate surface area is 174 Å². The number of piperidine rings is 1. The van der Waals surface area contributed by atoms with Crippen LogP contribution in [0.15, 0.2) is 42.7 Å². The first-order chi connectivity index (χ1) is 13.6. The van der Waals surface area contributed by atoms with Gasteiger partial charge in [0, 0.05) is 35.0 Å². The first-order valence-electron chi connectivity index (χ1n) is 9.73. The van der Waals surface area contributed by atoms with Crippen molar-refractivity contribution >= 4 is 45.7 Å². The van der Waals surface area contributed by atoms with Gasteiger partial charge in [-0.2, -0.15) is 0 Å². The highest BCUT2D eigenvalue weighted by molar-refractivity contribution is 7.80. The maximum absolute atomic E-state index is 5.99. The normalized spacial score (nSPS) is 23.9. The van der Waals surface area contributed by atoms with Crippen LogP contribution in [0.5, 0.6) is 0 Å². The number of thiocarbonyl (C=S) groups is 1. The quantitative estimate of drug-likeness (QED) is 0.604. The molecule has 0 amide bonds. The van der Waals surface area contributed by atoms with Crippen molar-refractivity contribution in [1.29, 1.82) is 0 Å². The van der Waals surface area contributed by atoms with E-state index in [0.717, 1.165) is 45.5 Å². The van der Waals surface area contributed by atoms with Crippen LogP contribution >= 0.6 is 23.8 Å². The number of rotatable bonds is 2. The fourth-order valence-electron chi connectivity index (χ4n) is 4.93. The van der Waals surface area contributed by atoms with Gasteiger partial charge in [0.25, 0.3) is 0 Å². The van der Waals surface area contributed by atoms with Crippen molar-refractivity contribution in [3.8, 4) is 0 Å². The molecule has 4 heterocycles. The van der Waals surface area contributed by atoms with Crippen molar-refractivity contribution in [3.63, 3.8) is 0 Å². The number of anilines is 1. The molecule has 2 saturated heterocycles. The zero-order chi connectivity index (χ0) is 19.3. The molecule has 0 aliphatic carbocycles. The second kappa shape index (κ2) is 7.01. The van der Waals surface area contributed by atoms with Crippen LogP contribution < -0.4 is 5.32 Å². The van der Waals surface area contributed by atoms with E-state index in [0.29, 0.717) is 18.1 Å². The molecule has 5 nitrogen and oxygen atoms in total. The van der Waals surface area contributed by atoms with E-state index in [1.165, 1.54) is 12.8 Å². The van der Waals surface area contributed by atoms with Crippen LogP contribution in [0.2, 0.25) is 5.02 Å². The summed E-state index contributed by atoms with van der Waals surface area (Å²) in [5, 5.41) is 4.95. The van der Waals surface area contributed by atoms with Crippen molar-refractivity contribution in [2.45, 2.75) is 50.7 Å². The van der Waals surface area contributed by atoms with Gasteiger partial charge in [0.05, 0.1) is 17.2 Å². The molecule has 1 N–H and O–H groups in total. The van der Waals surface area contributed by atoms with Gasteiger partial charge in [0.1, 0.15) is 5.82 Å². The third-order valence-corrected chi connectivity index (χ3v) is 6.64. The van der Waals surface area contributed by atoms with E-state index in [4.69, 9.17) is 28.8 Å². The zero-order valence-electron chi connectivity index (χ0n) is 15.7. The Bertz CT molecular complexity index is 1020. The highest BCUT2D eigenvalue weighted by Gasteiger charge is 2.43. The number of aryl methyl sites for hydroxylation is 1. The van der Waals surface area contributed by atoms with Crippen molar-refractivity contribution in [3.05, 3.63) is 53.6 Å². The third kappa shape index (κ3) is 3.05. The number of pyridine rings is 1. The average Bonchev–Trinajstić information content (AvgIpc) is 3.16. The molecule has 2 aliphatic rings. The molecule has 3 aromatic rings. The molecule has 0 saturated carbocycles. The van der Waals surface area contributed by atoms with E-state index in [9.17, 15) is 0 Å². The van der Waals surface area contributed by atoms with Gasteiger partial charge in [-0.15, -0.1) is 0 Å². The molecule has 7 heteroatoms. The SMILES string of the molecule is Cc1nc2ccncc2n1C1CC2CCC(C1)N2C(=S)Nc1ccc(Cl)cc1. The summed E-state index contributed by atoms with van der Waals surface area (Å²) < 4.78 is 2.39. The Hall–Kier alpha value is -2.18. The Morgan fingerprint density at radius 3 is 2.54 bits per heavy atom. The van der Waals surface area contributed by atoms with Gasteiger partial charge >= 0.3 is 0 Å².